The number of carbonyl (C=O) groups excluding carboxylic acids is 2. The molecular formula is C27H29N5O2. The molecule has 0 unspecified atom stereocenters. The zero-order valence-corrected chi connectivity index (χ0v) is 19.1. The van der Waals surface area contributed by atoms with Gasteiger partial charge in [-0.2, -0.15) is 0 Å². The normalized spacial score (nSPS) is 18.2. The van der Waals surface area contributed by atoms with Crippen LogP contribution in [0.4, 0.5) is 10.5 Å². The van der Waals surface area contributed by atoms with Crippen molar-refractivity contribution in [2.45, 2.75) is 18.4 Å². The molecule has 1 aromatic heterocycles. The number of carbonyl (C=O) groups is 2. The van der Waals surface area contributed by atoms with Crippen LogP contribution >= 0.6 is 0 Å². The number of pyridine rings is 1. The van der Waals surface area contributed by atoms with Crippen LogP contribution in [0.3, 0.4) is 0 Å². The molecule has 2 saturated heterocycles. The summed E-state index contributed by atoms with van der Waals surface area (Å²) in [5.41, 5.74) is 2.22. The van der Waals surface area contributed by atoms with Crippen molar-refractivity contribution in [3.05, 3.63) is 96.3 Å². The van der Waals surface area contributed by atoms with Gasteiger partial charge in [0.15, 0.2) is 0 Å². The van der Waals surface area contributed by atoms with E-state index in [2.05, 4.69) is 20.1 Å². The SMILES string of the molecule is O=C1NC(Cc2ccccc2)(Cc2ccccc2)C(=O)N1CN1CCN(c2ccncc2)CC1. The lowest BCUT2D eigenvalue weighted by atomic mass is 9.84. The minimum atomic E-state index is -0.987. The fourth-order valence-corrected chi connectivity index (χ4v) is 4.90. The van der Waals surface area contributed by atoms with Crippen molar-refractivity contribution in [3.63, 3.8) is 0 Å². The van der Waals surface area contributed by atoms with Crippen molar-refractivity contribution in [1.29, 1.82) is 0 Å². The van der Waals surface area contributed by atoms with E-state index < -0.39 is 5.54 Å². The molecule has 0 bridgehead atoms. The summed E-state index contributed by atoms with van der Waals surface area (Å²) in [6.07, 6.45) is 4.52. The van der Waals surface area contributed by atoms with Gasteiger partial charge in [-0.15, -0.1) is 0 Å². The molecule has 0 aliphatic carbocycles. The maximum absolute atomic E-state index is 13.8. The minimum Gasteiger partial charge on any atom is -0.369 e. The molecule has 2 aliphatic rings. The second kappa shape index (κ2) is 9.65. The molecule has 2 fully saturated rings. The van der Waals surface area contributed by atoms with Gasteiger partial charge < -0.3 is 10.2 Å². The van der Waals surface area contributed by atoms with Crippen LogP contribution in [0.1, 0.15) is 11.1 Å². The molecule has 5 rings (SSSR count). The van der Waals surface area contributed by atoms with E-state index in [1.54, 1.807) is 12.4 Å². The van der Waals surface area contributed by atoms with E-state index in [0.717, 1.165) is 43.0 Å². The topological polar surface area (TPSA) is 68.8 Å². The number of urea groups is 1. The lowest BCUT2D eigenvalue weighted by Crippen LogP contribution is -2.53. The molecule has 0 atom stereocenters. The van der Waals surface area contributed by atoms with Gasteiger partial charge in [-0.05, 0) is 23.3 Å². The fraction of sp³-hybridized carbons (Fsp3) is 0.296. The van der Waals surface area contributed by atoms with Crippen molar-refractivity contribution >= 4 is 17.6 Å². The Labute approximate surface area is 200 Å². The summed E-state index contributed by atoms with van der Waals surface area (Å²) in [6.45, 7) is 3.55. The van der Waals surface area contributed by atoms with Crippen LogP contribution in [-0.2, 0) is 17.6 Å². The maximum Gasteiger partial charge on any atom is 0.326 e. The molecular weight excluding hydrogens is 426 g/mol. The number of anilines is 1. The van der Waals surface area contributed by atoms with Crippen LogP contribution in [-0.4, -0.2) is 65.1 Å². The van der Waals surface area contributed by atoms with Crippen LogP contribution in [0.15, 0.2) is 85.2 Å². The van der Waals surface area contributed by atoms with Crippen LogP contribution in [0.2, 0.25) is 0 Å². The van der Waals surface area contributed by atoms with Crippen molar-refractivity contribution in [2.24, 2.45) is 0 Å². The van der Waals surface area contributed by atoms with Gasteiger partial charge in [0, 0.05) is 57.1 Å². The highest BCUT2D eigenvalue weighted by atomic mass is 16.2. The average molecular weight is 456 g/mol. The highest BCUT2D eigenvalue weighted by molar-refractivity contribution is 6.07. The fourth-order valence-electron chi connectivity index (χ4n) is 4.90. The van der Waals surface area contributed by atoms with Gasteiger partial charge in [-0.1, -0.05) is 60.7 Å². The zero-order chi connectivity index (χ0) is 23.4. The molecule has 0 saturated carbocycles. The summed E-state index contributed by atoms with van der Waals surface area (Å²) in [5.74, 6) is -0.151. The average Bonchev–Trinajstić information content (AvgIpc) is 3.10. The van der Waals surface area contributed by atoms with E-state index >= 15 is 0 Å². The quantitative estimate of drug-likeness (QED) is 0.555. The highest BCUT2D eigenvalue weighted by Crippen LogP contribution is 2.28. The van der Waals surface area contributed by atoms with Crippen molar-refractivity contribution < 1.29 is 9.59 Å². The number of piperazine rings is 1. The Hall–Kier alpha value is -3.71. The number of amides is 3. The summed E-state index contributed by atoms with van der Waals surface area (Å²) < 4.78 is 0. The molecule has 34 heavy (non-hydrogen) atoms. The standard InChI is InChI=1S/C27H29N5O2/c33-25-27(19-22-7-3-1-4-8-22,20-23-9-5-2-6-10-23)29-26(34)32(25)21-30-15-17-31(18-16-30)24-11-13-28-14-12-24/h1-14H,15-21H2,(H,29,34). The number of hydrogen-bond donors (Lipinski definition) is 1. The van der Waals surface area contributed by atoms with E-state index in [0.29, 0.717) is 19.5 Å². The first-order valence-electron chi connectivity index (χ1n) is 11.7. The van der Waals surface area contributed by atoms with Gasteiger partial charge in [0.05, 0.1) is 6.67 Å². The largest absolute Gasteiger partial charge is 0.369 e. The Morgan fingerprint density at radius 1 is 0.765 bits per heavy atom. The van der Waals surface area contributed by atoms with E-state index in [1.807, 2.05) is 72.8 Å². The molecule has 0 spiro atoms. The number of nitrogens with zero attached hydrogens (tertiary/aromatic N) is 4. The second-order valence-electron chi connectivity index (χ2n) is 9.02. The van der Waals surface area contributed by atoms with Gasteiger partial charge in [-0.3, -0.25) is 14.7 Å². The molecule has 0 radical (unpaired) electrons. The molecule has 3 aromatic rings. The lowest BCUT2D eigenvalue weighted by molar-refractivity contribution is -0.132. The van der Waals surface area contributed by atoms with E-state index in [4.69, 9.17) is 0 Å². The third-order valence-electron chi connectivity index (χ3n) is 6.68. The van der Waals surface area contributed by atoms with E-state index in [-0.39, 0.29) is 11.9 Å². The number of imide groups is 1. The number of rotatable bonds is 7. The summed E-state index contributed by atoms with van der Waals surface area (Å²) >= 11 is 0. The molecule has 174 valence electrons. The van der Waals surface area contributed by atoms with E-state index in [9.17, 15) is 9.59 Å². The molecule has 7 nitrogen and oxygen atoms in total. The zero-order valence-electron chi connectivity index (χ0n) is 19.1. The Balaban J connectivity index is 1.31. The highest BCUT2D eigenvalue weighted by Gasteiger charge is 2.51. The van der Waals surface area contributed by atoms with Gasteiger partial charge in [0.2, 0.25) is 0 Å². The molecule has 2 aliphatic heterocycles. The van der Waals surface area contributed by atoms with Crippen molar-refractivity contribution in [2.75, 3.05) is 37.7 Å². The Kier molecular flexibility index (Phi) is 6.27. The Morgan fingerprint density at radius 2 is 1.32 bits per heavy atom. The monoisotopic (exact) mass is 455 g/mol. The number of hydrogen-bond acceptors (Lipinski definition) is 5. The van der Waals surface area contributed by atoms with Gasteiger partial charge in [0.1, 0.15) is 5.54 Å². The minimum absolute atomic E-state index is 0.151. The summed E-state index contributed by atoms with van der Waals surface area (Å²) in [7, 11) is 0. The lowest BCUT2D eigenvalue weighted by Gasteiger charge is -2.37. The maximum atomic E-state index is 13.8. The third kappa shape index (κ3) is 4.65. The Morgan fingerprint density at radius 3 is 1.88 bits per heavy atom. The molecule has 7 heteroatoms. The van der Waals surface area contributed by atoms with Gasteiger partial charge in [-0.25, -0.2) is 9.69 Å². The predicted octanol–water partition coefficient (Wildman–Crippen LogP) is 2.94. The smallest absolute Gasteiger partial charge is 0.326 e. The van der Waals surface area contributed by atoms with Crippen molar-refractivity contribution in [3.8, 4) is 0 Å². The van der Waals surface area contributed by atoms with Gasteiger partial charge >= 0.3 is 6.03 Å². The van der Waals surface area contributed by atoms with Crippen LogP contribution in [0, 0.1) is 0 Å². The molecule has 3 amide bonds. The first kappa shape index (κ1) is 22.1. The predicted molar refractivity (Wildman–Crippen MR) is 131 cm³/mol. The Bertz CT molecular complexity index is 1070. The first-order chi connectivity index (χ1) is 16.6. The number of nitrogens with one attached hydrogen (secondary N) is 1. The summed E-state index contributed by atoms with van der Waals surface area (Å²) in [4.78, 5) is 36.9. The van der Waals surface area contributed by atoms with Crippen molar-refractivity contribution in [1.82, 2.24) is 20.1 Å². The third-order valence-corrected chi connectivity index (χ3v) is 6.68. The van der Waals surface area contributed by atoms with Crippen LogP contribution in [0.25, 0.3) is 0 Å². The summed E-state index contributed by atoms with van der Waals surface area (Å²) in [6, 6.07) is 23.5. The molecule has 1 N–H and O–H groups in total. The second-order valence-corrected chi connectivity index (χ2v) is 9.02. The number of benzene rings is 2. The molecule has 3 heterocycles. The summed E-state index contributed by atoms with van der Waals surface area (Å²) in [5, 5.41) is 3.08. The van der Waals surface area contributed by atoms with E-state index in [1.165, 1.54) is 4.90 Å². The van der Waals surface area contributed by atoms with Gasteiger partial charge in [0.25, 0.3) is 5.91 Å². The van der Waals surface area contributed by atoms with Crippen LogP contribution < -0.4 is 10.2 Å². The first-order valence-corrected chi connectivity index (χ1v) is 11.7. The van der Waals surface area contributed by atoms with Crippen LogP contribution in [0.5, 0.6) is 0 Å². The molecule has 2 aromatic carbocycles. The number of aromatic nitrogens is 1.